The molecule has 3 nitrogen and oxygen atoms in total. The highest BCUT2D eigenvalue weighted by Gasteiger charge is 2.05. The lowest BCUT2D eigenvalue weighted by Gasteiger charge is -2.04. The van der Waals surface area contributed by atoms with Crippen LogP contribution in [0.15, 0.2) is 34.9 Å². The van der Waals surface area contributed by atoms with E-state index in [4.69, 9.17) is 20.8 Å². The minimum atomic E-state index is 0.289. The normalized spacial score (nSPS) is 10.5. The lowest BCUT2D eigenvalue weighted by atomic mass is 10.2. The fourth-order valence-electron chi connectivity index (χ4n) is 1.44. The lowest BCUT2D eigenvalue weighted by Crippen LogP contribution is -1.94. The molecule has 0 N–H and O–H groups in total. The third kappa shape index (κ3) is 3.01. The van der Waals surface area contributed by atoms with Crippen LogP contribution in [0.4, 0.5) is 0 Å². The number of halogens is 1. The second kappa shape index (κ2) is 5.73. The number of benzene rings is 1. The zero-order valence-electron chi connectivity index (χ0n) is 9.65. The average molecular weight is 252 g/mol. The van der Waals surface area contributed by atoms with E-state index in [9.17, 15) is 0 Å². The maximum atomic E-state index is 5.63. The predicted octanol–water partition coefficient (Wildman–Crippen LogP) is 3.87. The Kier molecular flexibility index (Phi) is 4.04. The molecule has 0 aliphatic carbocycles. The van der Waals surface area contributed by atoms with Crippen LogP contribution in [-0.2, 0) is 5.88 Å². The Balaban J connectivity index is 2.11. The monoisotopic (exact) mass is 251 g/mol. The molecule has 0 radical (unpaired) electrons. The zero-order valence-corrected chi connectivity index (χ0v) is 10.4. The van der Waals surface area contributed by atoms with Crippen LogP contribution in [0.2, 0.25) is 0 Å². The minimum absolute atomic E-state index is 0.289. The van der Waals surface area contributed by atoms with Crippen LogP contribution in [-0.4, -0.2) is 11.6 Å². The molecule has 0 bridgehead atoms. The summed E-state index contributed by atoms with van der Waals surface area (Å²) in [5.74, 6) is 2.42. The van der Waals surface area contributed by atoms with Crippen molar-refractivity contribution in [3.63, 3.8) is 0 Å². The third-order valence-corrected chi connectivity index (χ3v) is 2.51. The van der Waals surface area contributed by atoms with E-state index in [1.807, 2.05) is 24.3 Å². The highest BCUT2D eigenvalue weighted by Crippen LogP contribution is 2.23. The zero-order chi connectivity index (χ0) is 12.1. The lowest BCUT2D eigenvalue weighted by molar-refractivity contribution is 0.317. The summed E-state index contributed by atoms with van der Waals surface area (Å²) in [4.78, 5) is 4.05. The van der Waals surface area contributed by atoms with Gasteiger partial charge >= 0.3 is 0 Å². The summed E-state index contributed by atoms with van der Waals surface area (Å²) in [5.41, 5.74) is 0.970. The van der Waals surface area contributed by atoms with Crippen molar-refractivity contribution in [1.29, 1.82) is 0 Å². The van der Waals surface area contributed by atoms with Crippen LogP contribution in [0.25, 0.3) is 11.3 Å². The van der Waals surface area contributed by atoms with E-state index in [2.05, 4.69) is 11.9 Å². The average Bonchev–Trinajstić information content (AvgIpc) is 2.86. The summed E-state index contributed by atoms with van der Waals surface area (Å²) >= 11 is 5.63. The van der Waals surface area contributed by atoms with Gasteiger partial charge in [0.05, 0.1) is 18.7 Å². The van der Waals surface area contributed by atoms with E-state index < -0.39 is 0 Å². The topological polar surface area (TPSA) is 35.3 Å². The van der Waals surface area contributed by atoms with E-state index >= 15 is 0 Å². The van der Waals surface area contributed by atoms with Gasteiger partial charge in [0.15, 0.2) is 5.76 Å². The first-order valence-corrected chi connectivity index (χ1v) is 6.11. The first kappa shape index (κ1) is 12.0. The van der Waals surface area contributed by atoms with Gasteiger partial charge in [-0.05, 0) is 30.7 Å². The molecule has 0 fully saturated rings. The highest BCUT2D eigenvalue weighted by molar-refractivity contribution is 6.16. The Morgan fingerprint density at radius 1 is 1.29 bits per heavy atom. The van der Waals surface area contributed by atoms with E-state index in [1.54, 1.807) is 6.20 Å². The van der Waals surface area contributed by atoms with Gasteiger partial charge < -0.3 is 9.15 Å². The van der Waals surface area contributed by atoms with Gasteiger partial charge in [-0.15, -0.1) is 11.6 Å². The molecule has 17 heavy (non-hydrogen) atoms. The number of nitrogens with zero attached hydrogens (tertiary/aromatic N) is 1. The van der Waals surface area contributed by atoms with E-state index in [0.29, 0.717) is 5.89 Å². The van der Waals surface area contributed by atoms with Gasteiger partial charge in [-0.2, -0.15) is 0 Å². The molecule has 0 amide bonds. The maximum absolute atomic E-state index is 5.63. The standard InChI is InChI=1S/C13H14ClNO2/c1-2-7-16-11-5-3-10(4-6-11)12-9-15-13(8-14)17-12/h3-6,9H,2,7-8H2,1H3. The van der Waals surface area contributed by atoms with Gasteiger partial charge in [-0.25, -0.2) is 4.98 Å². The molecule has 1 heterocycles. The minimum Gasteiger partial charge on any atom is -0.494 e. The van der Waals surface area contributed by atoms with Gasteiger partial charge in [0.1, 0.15) is 5.75 Å². The molecular formula is C13H14ClNO2. The first-order chi connectivity index (χ1) is 8.33. The molecule has 0 aliphatic heterocycles. The molecule has 0 spiro atoms. The SMILES string of the molecule is CCCOc1ccc(-c2cnc(CCl)o2)cc1. The summed E-state index contributed by atoms with van der Waals surface area (Å²) in [6, 6.07) is 7.74. The molecule has 2 aromatic rings. The molecular weight excluding hydrogens is 238 g/mol. The fourth-order valence-corrected chi connectivity index (χ4v) is 1.56. The van der Waals surface area contributed by atoms with Crippen LogP contribution in [0, 0.1) is 0 Å². The Hall–Kier alpha value is -1.48. The van der Waals surface area contributed by atoms with Crippen molar-refractivity contribution in [3.8, 4) is 17.1 Å². The number of aromatic nitrogens is 1. The number of hydrogen-bond donors (Lipinski definition) is 0. The van der Waals surface area contributed by atoms with Crippen molar-refractivity contribution in [2.24, 2.45) is 0 Å². The Morgan fingerprint density at radius 3 is 2.65 bits per heavy atom. The summed E-state index contributed by atoms with van der Waals surface area (Å²) < 4.78 is 11.0. The Bertz CT molecular complexity index is 465. The van der Waals surface area contributed by atoms with Crippen molar-refractivity contribution >= 4 is 11.6 Å². The van der Waals surface area contributed by atoms with Crippen LogP contribution in [0.1, 0.15) is 19.2 Å². The smallest absolute Gasteiger partial charge is 0.209 e. The maximum Gasteiger partial charge on any atom is 0.209 e. The van der Waals surface area contributed by atoms with Crippen molar-refractivity contribution in [3.05, 3.63) is 36.4 Å². The van der Waals surface area contributed by atoms with Crippen molar-refractivity contribution in [2.75, 3.05) is 6.61 Å². The molecule has 90 valence electrons. The van der Waals surface area contributed by atoms with E-state index in [0.717, 1.165) is 30.1 Å². The highest BCUT2D eigenvalue weighted by atomic mass is 35.5. The summed E-state index contributed by atoms with van der Waals surface area (Å²) in [5, 5.41) is 0. The first-order valence-electron chi connectivity index (χ1n) is 5.57. The summed E-state index contributed by atoms with van der Waals surface area (Å²) in [7, 11) is 0. The number of ether oxygens (including phenoxy) is 1. The molecule has 2 rings (SSSR count). The van der Waals surface area contributed by atoms with E-state index in [1.165, 1.54) is 0 Å². The van der Waals surface area contributed by atoms with Gasteiger partial charge in [0.2, 0.25) is 5.89 Å². The van der Waals surface area contributed by atoms with Crippen LogP contribution in [0.3, 0.4) is 0 Å². The predicted molar refractivity (Wildman–Crippen MR) is 67.3 cm³/mol. The van der Waals surface area contributed by atoms with Gasteiger partial charge in [0.25, 0.3) is 0 Å². The van der Waals surface area contributed by atoms with Crippen molar-refractivity contribution in [2.45, 2.75) is 19.2 Å². The molecule has 4 heteroatoms. The molecule has 0 saturated heterocycles. The molecule has 0 saturated carbocycles. The number of alkyl halides is 1. The molecule has 0 unspecified atom stereocenters. The van der Waals surface area contributed by atoms with Crippen LogP contribution < -0.4 is 4.74 Å². The summed E-state index contributed by atoms with van der Waals surface area (Å²) in [6.45, 7) is 2.81. The second-order valence-electron chi connectivity index (χ2n) is 3.62. The largest absolute Gasteiger partial charge is 0.494 e. The summed E-state index contributed by atoms with van der Waals surface area (Å²) in [6.07, 6.45) is 2.68. The third-order valence-electron chi connectivity index (χ3n) is 2.28. The van der Waals surface area contributed by atoms with Crippen LogP contribution in [0.5, 0.6) is 5.75 Å². The van der Waals surface area contributed by atoms with Gasteiger partial charge in [-0.1, -0.05) is 6.92 Å². The fraction of sp³-hybridized carbons (Fsp3) is 0.308. The number of rotatable bonds is 5. The molecule has 1 aromatic carbocycles. The van der Waals surface area contributed by atoms with Crippen molar-refractivity contribution < 1.29 is 9.15 Å². The van der Waals surface area contributed by atoms with Gasteiger partial charge in [-0.3, -0.25) is 0 Å². The molecule has 1 aromatic heterocycles. The number of oxazole rings is 1. The Morgan fingerprint density at radius 2 is 2.06 bits per heavy atom. The Labute approximate surface area is 105 Å². The van der Waals surface area contributed by atoms with Gasteiger partial charge in [0, 0.05) is 5.56 Å². The van der Waals surface area contributed by atoms with Crippen molar-refractivity contribution in [1.82, 2.24) is 4.98 Å². The van der Waals surface area contributed by atoms with Crippen LogP contribution >= 0.6 is 11.6 Å². The molecule has 0 aliphatic rings. The second-order valence-corrected chi connectivity index (χ2v) is 3.89. The van der Waals surface area contributed by atoms with E-state index in [-0.39, 0.29) is 5.88 Å². The molecule has 0 atom stereocenters. The number of hydrogen-bond acceptors (Lipinski definition) is 3. The quantitative estimate of drug-likeness (QED) is 0.757.